The normalized spacial score (nSPS) is 10.8. The molecule has 1 aromatic carbocycles. The van der Waals surface area contributed by atoms with Crippen molar-refractivity contribution < 1.29 is 23.5 Å². The smallest absolute Gasteiger partial charge is 0.307 e. The van der Waals surface area contributed by atoms with E-state index in [0.29, 0.717) is 28.5 Å². The van der Waals surface area contributed by atoms with Gasteiger partial charge < -0.3 is 19.4 Å². The highest BCUT2D eigenvalue weighted by molar-refractivity contribution is 9.10. The molecule has 24 heavy (non-hydrogen) atoms. The number of nitrogens with zero attached hydrogens (tertiary/aromatic N) is 1. The van der Waals surface area contributed by atoms with Crippen molar-refractivity contribution in [2.45, 2.75) is 6.42 Å². The molecule has 0 fully saturated rings. The van der Waals surface area contributed by atoms with Crippen LogP contribution in [0.3, 0.4) is 0 Å². The summed E-state index contributed by atoms with van der Waals surface area (Å²) in [5.74, 6) is -1.16. The van der Waals surface area contributed by atoms with Gasteiger partial charge in [-0.25, -0.2) is 4.39 Å². The average molecular weight is 401 g/mol. The van der Waals surface area contributed by atoms with Crippen LogP contribution in [0.15, 0.2) is 22.7 Å². The lowest BCUT2D eigenvalue weighted by Gasteiger charge is -2.21. The van der Waals surface area contributed by atoms with E-state index in [-0.39, 0.29) is 24.6 Å². The predicted octanol–water partition coefficient (Wildman–Crippen LogP) is 2.72. The van der Waals surface area contributed by atoms with E-state index in [1.807, 2.05) is 0 Å². The number of aromatic nitrogens is 1. The number of amides is 1. The maximum atomic E-state index is 14.0. The Morgan fingerprint density at radius 3 is 2.67 bits per heavy atom. The van der Waals surface area contributed by atoms with Crippen LogP contribution < -0.4 is 0 Å². The Morgan fingerprint density at radius 2 is 2.00 bits per heavy atom. The fraction of sp³-hybridized carbons (Fsp3) is 0.375. The van der Waals surface area contributed by atoms with Crippen LogP contribution in [0.2, 0.25) is 0 Å². The molecule has 0 aliphatic heterocycles. The first-order valence-electron chi connectivity index (χ1n) is 7.29. The maximum absolute atomic E-state index is 14.0. The monoisotopic (exact) mass is 400 g/mol. The molecule has 0 aliphatic carbocycles. The van der Waals surface area contributed by atoms with E-state index in [1.165, 1.54) is 31.3 Å². The Bertz CT molecular complexity index is 747. The van der Waals surface area contributed by atoms with Crippen molar-refractivity contribution in [3.05, 3.63) is 34.2 Å². The van der Waals surface area contributed by atoms with Crippen LogP contribution in [0, 0.1) is 5.82 Å². The van der Waals surface area contributed by atoms with E-state index >= 15 is 0 Å². The summed E-state index contributed by atoms with van der Waals surface area (Å²) in [5.41, 5.74) is 0.771. The van der Waals surface area contributed by atoms with Gasteiger partial charge in [0.25, 0.3) is 5.91 Å². The van der Waals surface area contributed by atoms with E-state index in [9.17, 15) is 14.0 Å². The fourth-order valence-corrected chi connectivity index (χ4v) is 2.72. The Balaban J connectivity index is 2.24. The molecule has 0 unspecified atom stereocenters. The molecule has 2 aromatic rings. The average Bonchev–Trinajstić information content (AvgIpc) is 2.98. The number of halogens is 2. The number of fused-ring (bicyclic) bond motifs is 1. The molecule has 2 rings (SSSR count). The minimum absolute atomic E-state index is 0.0755. The van der Waals surface area contributed by atoms with Gasteiger partial charge in [0.05, 0.1) is 25.7 Å². The van der Waals surface area contributed by atoms with Crippen LogP contribution in [0.4, 0.5) is 4.39 Å². The molecule has 0 spiro atoms. The lowest BCUT2D eigenvalue weighted by atomic mass is 10.2. The number of hydrogen-bond acceptors (Lipinski definition) is 4. The van der Waals surface area contributed by atoms with Crippen LogP contribution in [-0.4, -0.2) is 55.7 Å². The second-order valence-corrected chi connectivity index (χ2v) is 6.06. The molecule has 0 atom stereocenters. The van der Waals surface area contributed by atoms with Gasteiger partial charge in [0.2, 0.25) is 0 Å². The molecule has 130 valence electrons. The largest absolute Gasteiger partial charge is 0.469 e. The Hall–Kier alpha value is -1.93. The minimum atomic E-state index is -0.423. The van der Waals surface area contributed by atoms with Gasteiger partial charge in [-0.05, 0) is 18.2 Å². The lowest BCUT2D eigenvalue weighted by molar-refractivity contribution is -0.140. The minimum Gasteiger partial charge on any atom is -0.469 e. The van der Waals surface area contributed by atoms with Gasteiger partial charge in [0, 0.05) is 30.1 Å². The molecule has 1 heterocycles. The third-order valence-electron chi connectivity index (χ3n) is 3.55. The number of methoxy groups -OCH3 is 2. The summed E-state index contributed by atoms with van der Waals surface area (Å²) in [7, 11) is 2.82. The zero-order valence-corrected chi connectivity index (χ0v) is 15.0. The SMILES string of the molecule is COCCN(CCC(=O)OC)C(=O)c1cc2c(F)cc(Br)cc2[nH]1. The van der Waals surface area contributed by atoms with Crippen molar-refractivity contribution in [1.29, 1.82) is 0 Å². The van der Waals surface area contributed by atoms with Crippen LogP contribution >= 0.6 is 15.9 Å². The van der Waals surface area contributed by atoms with Gasteiger partial charge >= 0.3 is 5.97 Å². The molecule has 0 aliphatic rings. The van der Waals surface area contributed by atoms with Crippen LogP contribution in [0.5, 0.6) is 0 Å². The quantitative estimate of drug-likeness (QED) is 0.725. The number of carbonyl (C=O) groups is 2. The number of hydrogen-bond donors (Lipinski definition) is 1. The van der Waals surface area contributed by atoms with Crippen LogP contribution in [0.1, 0.15) is 16.9 Å². The number of rotatable bonds is 7. The zero-order chi connectivity index (χ0) is 17.7. The fourth-order valence-electron chi connectivity index (χ4n) is 2.29. The molecule has 0 saturated heterocycles. The summed E-state index contributed by atoms with van der Waals surface area (Å²) in [6.45, 7) is 0.831. The summed E-state index contributed by atoms with van der Waals surface area (Å²) < 4.78 is 24.1. The number of aromatic amines is 1. The van der Waals surface area contributed by atoms with E-state index in [0.717, 1.165) is 0 Å². The summed E-state index contributed by atoms with van der Waals surface area (Å²) >= 11 is 3.22. The topological polar surface area (TPSA) is 71.6 Å². The molecule has 1 aromatic heterocycles. The first kappa shape index (κ1) is 18.4. The lowest BCUT2D eigenvalue weighted by Crippen LogP contribution is -2.36. The number of H-pyrrole nitrogens is 1. The number of carbonyl (C=O) groups excluding carboxylic acids is 2. The number of esters is 1. The Labute approximate surface area is 147 Å². The van der Waals surface area contributed by atoms with E-state index in [1.54, 1.807) is 6.07 Å². The third-order valence-corrected chi connectivity index (χ3v) is 4.01. The maximum Gasteiger partial charge on any atom is 0.307 e. The standard InChI is InChI=1S/C16H18BrFN2O4/c1-23-6-5-20(4-3-15(21)24-2)16(22)14-9-11-12(18)7-10(17)8-13(11)19-14/h7-9,19H,3-6H2,1-2H3. The second kappa shape index (κ2) is 8.25. The molecule has 6 nitrogen and oxygen atoms in total. The summed E-state index contributed by atoms with van der Waals surface area (Å²) in [4.78, 5) is 28.4. The summed E-state index contributed by atoms with van der Waals surface area (Å²) in [6.07, 6.45) is 0.0755. The Morgan fingerprint density at radius 1 is 1.25 bits per heavy atom. The summed E-state index contributed by atoms with van der Waals surface area (Å²) in [5, 5.41) is 0.334. The van der Waals surface area contributed by atoms with E-state index < -0.39 is 11.8 Å². The van der Waals surface area contributed by atoms with Crippen molar-refractivity contribution in [2.24, 2.45) is 0 Å². The highest BCUT2D eigenvalue weighted by Gasteiger charge is 2.20. The van der Waals surface area contributed by atoms with Gasteiger partial charge in [0.15, 0.2) is 0 Å². The number of nitrogens with one attached hydrogen (secondary N) is 1. The third kappa shape index (κ3) is 4.33. The van der Waals surface area contributed by atoms with Gasteiger partial charge in [-0.15, -0.1) is 0 Å². The van der Waals surface area contributed by atoms with Crippen molar-refractivity contribution in [1.82, 2.24) is 9.88 Å². The molecule has 0 saturated carbocycles. The number of benzene rings is 1. The highest BCUT2D eigenvalue weighted by Crippen LogP contribution is 2.24. The van der Waals surface area contributed by atoms with Crippen LogP contribution in [0.25, 0.3) is 10.9 Å². The molecule has 0 radical (unpaired) electrons. The van der Waals surface area contributed by atoms with Gasteiger partial charge in [-0.2, -0.15) is 0 Å². The summed E-state index contributed by atoms with van der Waals surface area (Å²) in [6, 6.07) is 4.50. The van der Waals surface area contributed by atoms with Crippen molar-refractivity contribution in [3.8, 4) is 0 Å². The van der Waals surface area contributed by atoms with Crippen molar-refractivity contribution in [2.75, 3.05) is 33.9 Å². The number of ether oxygens (including phenoxy) is 2. The van der Waals surface area contributed by atoms with Gasteiger partial charge in [0.1, 0.15) is 11.5 Å². The Kier molecular flexibility index (Phi) is 6.33. The van der Waals surface area contributed by atoms with E-state index in [4.69, 9.17) is 4.74 Å². The molecular formula is C16H18BrFN2O4. The second-order valence-electron chi connectivity index (χ2n) is 5.14. The zero-order valence-electron chi connectivity index (χ0n) is 13.4. The molecule has 0 bridgehead atoms. The van der Waals surface area contributed by atoms with Crippen LogP contribution in [-0.2, 0) is 14.3 Å². The van der Waals surface area contributed by atoms with Crippen molar-refractivity contribution >= 4 is 38.7 Å². The first-order valence-corrected chi connectivity index (χ1v) is 8.08. The highest BCUT2D eigenvalue weighted by atomic mass is 79.9. The van der Waals surface area contributed by atoms with Gasteiger partial charge in [-0.3, -0.25) is 9.59 Å². The van der Waals surface area contributed by atoms with Gasteiger partial charge in [-0.1, -0.05) is 15.9 Å². The molecular weight excluding hydrogens is 383 g/mol. The van der Waals surface area contributed by atoms with E-state index in [2.05, 4.69) is 25.7 Å². The molecule has 1 amide bonds. The predicted molar refractivity (Wildman–Crippen MR) is 90.4 cm³/mol. The molecule has 1 N–H and O–H groups in total. The van der Waals surface area contributed by atoms with Crippen molar-refractivity contribution in [3.63, 3.8) is 0 Å². The molecule has 8 heteroatoms. The first-order chi connectivity index (χ1) is 11.5.